The van der Waals surface area contributed by atoms with Crippen LogP contribution < -0.4 is 0 Å². The zero-order valence-electron chi connectivity index (χ0n) is 16.1. The molecule has 0 spiro atoms. The molecule has 1 amide bonds. The molecule has 0 aliphatic carbocycles. The maximum Gasteiger partial charge on any atom is 0.416 e. The van der Waals surface area contributed by atoms with E-state index in [1.54, 1.807) is 27.9 Å². The Morgan fingerprint density at radius 2 is 2.03 bits per heavy atom. The molecule has 2 aromatic heterocycles. The Kier molecular flexibility index (Phi) is 5.27. The van der Waals surface area contributed by atoms with Crippen LogP contribution in [0.2, 0.25) is 5.15 Å². The van der Waals surface area contributed by atoms with Gasteiger partial charge in [0.05, 0.1) is 17.8 Å². The quantitative estimate of drug-likeness (QED) is 0.567. The first kappa shape index (κ1) is 20.4. The molecule has 0 N–H and O–H groups in total. The first-order chi connectivity index (χ1) is 14.2. The standard InChI is InChI=1S/C21H18ClF3N4O/c1-13(30)28-8-7-18-17(12-28)20(15-3-2-4-16(9-15)21(23,24)25)27-29(18)11-14-5-6-19(22)26-10-14/h2-6,9-10H,7-8,11-12H2,1H3. The van der Waals surface area contributed by atoms with Crippen LogP contribution in [0.3, 0.4) is 0 Å². The number of benzene rings is 1. The van der Waals surface area contributed by atoms with E-state index in [-0.39, 0.29) is 5.91 Å². The summed E-state index contributed by atoms with van der Waals surface area (Å²) >= 11 is 5.85. The largest absolute Gasteiger partial charge is 0.416 e. The molecule has 4 rings (SSSR count). The number of carbonyl (C=O) groups is 1. The van der Waals surface area contributed by atoms with Gasteiger partial charge in [-0.15, -0.1) is 0 Å². The second-order valence-electron chi connectivity index (χ2n) is 7.19. The van der Waals surface area contributed by atoms with Crippen LogP contribution in [0.25, 0.3) is 11.3 Å². The summed E-state index contributed by atoms with van der Waals surface area (Å²) in [6, 6.07) is 8.63. The molecule has 9 heteroatoms. The van der Waals surface area contributed by atoms with E-state index in [0.29, 0.717) is 42.5 Å². The predicted octanol–water partition coefficient (Wildman–Crippen LogP) is 4.57. The average Bonchev–Trinajstić information content (AvgIpc) is 3.07. The molecule has 1 aliphatic rings. The number of hydrogen-bond donors (Lipinski definition) is 0. The summed E-state index contributed by atoms with van der Waals surface area (Å²) in [5, 5.41) is 5.03. The normalized spacial score (nSPS) is 14.0. The Bertz CT molecular complexity index is 1090. The summed E-state index contributed by atoms with van der Waals surface area (Å²) < 4.78 is 41.4. The molecule has 5 nitrogen and oxygen atoms in total. The number of pyridine rings is 1. The predicted molar refractivity (Wildman–Crippen MR) is 106 cm³/mol. The zero-order valence-corrected chi connectivity index (χ0v) is 16.8. The van der Waals surface area contributed by atoms with E-state index in [9.17, 15) is 18.0 Å². The van der Waals surface area contributed by atoms with E-state index in [2.05, 4.69) is 10.1 Å². The van der Waals surface area contributed by atoms with E-state index in [1.807, 2.05) is 6.07 Å². The van der Waals surface area contributed by atoms with Gasteiger partial charge in [0.1, 0.15) is 5.15 Å². The van der Waals surface area contributed by atoms with Crippen molar-refractivity contribution in [3.05, 3.63) is 70.1 Å². The second kappa shape index (κ2) is 7.75. The summed E-state index contributed by atoms with van der Waals surface area (Å²) in [5.74, 6) is -0.0784. The Labute approximate surface area is 176 Å². The highest BCUT2D eigenvalue weighted by atomic mass is 35.5. The molecule has 30 heavy (non-hydrogen) atoms. The molecule has 1 aromatic carbocycles. The first-order valence-electron chi connectivity index (χ1n) is 9.34. The summed E-state index contributed by atoms with van der Waals surface area (Å²) in [6.45, 7) is 2.74. The molecule has 1 aliphatic heterocycles. The topological polar surface area (TPSA) is 51.0 Å². The van der Waals surface area contributed by atoms with Crippen molar-refractivity contribution in [3.63, 3.8) is 0 Å². The number of fused-ring (bicyclic) bond motifs is 1. The lowest BCUT2D eigenvalue weighted by molar-refractivity contribution is -0.137. The Morgan fingerprint density at radius 1 is 1.23 bits per heavy atom. The van der Waals surface area contributed by atoms with Crippen molar-refractivity contribution in [2.45, 2.75) is 32.6 Å². The van der Waals surface area contributed by atoms with Gasteiger partial charge >= 0.3 is 6.18 Å². The van der Waals surface area contributed by atoms with Gasteiger partial charge < -0.3 is 4.90 Å². The van der Waals surface area contributed by atoms with Crippen molar-refractivity contribution in [3.8, 4) is 11.3 Å². The maximum atomic E-state index is 13.2. The number of halogens is 4. The minimum absolute atomic E-state index is 0.0784. The third kappa shape index (κ3) is 4.05. The molecule has 0 bridgehead atoms. The van der Waals surface area contributed by atoms with Crippen molar-refractivity contribution in [1.82, 2.24) is 19.7 Å². The van der Waals surface area contributed by atoms with Gasteiger partial charge in [-0.2, -0.15) is 18.3 Å². The van der Waals surface area contributed by atoms with E-state index >= 15 is 0 Å². The lowest BCUT2D eigenvalue weighted by atomic mass is 9.99. The molecular formula is C21H18ClF3N4O. The minimum Gasteiger partial charge on any atom is -0.338 e. The molecular weight excluding hydrogens is 417 g/mol. The van der Waals surface area contributed by atoms with Crippen molar-refractivity contribution in [2.75, 3.05) is 6.54 Å². The highest BCUT2D eigenvalue weighted by Crippen LogP contribution is 2.35. The molecule has 0 atom stereocenters. The van der Waals surface area contributed by atoms with Gasteiger partial charge in [-0.05, 0) is 23.8 Å². The third-order valence-corrected chi connectivity index (χ3v) is 5.39. The molecule has 156 valence electrons. The number of amides is 1. The molecule has 0 radical (unpaired) electrons. The molecule has 0 unspecified atom stereocenters. The smallest absolute Gasteiger partial charge is 0.338 e. The van der Waals surface area contributed by atoms with Gasteiger partial charge in [0.15, 0.2) is 0 Å². The van der Waals surface area contributed by atoms with Gasteiger partial charge in [0.25, 0.3) is 0 Å². The van der Waals surface area contributed by atoms with Crippen LogP contribution in [0.4, 0.5) is 13.2 Å². The van der Waals surface area contributed by atoms with E-state index in [4.69, 9.17) is 11.6 Å². The van der Waals surface area contributed by atoms with Gasteiger partial charge in [-0.1, -0.05) is 29.8 Å². The number of alkyl halides is 3. The SMILES string of the molecule is CC(=O)N1CCc2c(c(-c3cccc(C(F)(F)F)c3)nn2Cc2ccc(Cl)nc2)C1. The van der Waals surface area contributed by atoms with E-state index in [1.165, 1.54) is 13.0 Å². The minimum atomic E-state index is -4.45. The third-order valence-electron chi connectivity index (χ3n) is 5.16. The number of carbonyl (C=O) groups excluding carboxylic acids is 1. The Hall–Kier alpha value is -2.87. The van der Waals surface area contributed by atoms with Crippen LogP contribution in [-0.2, 0) is 30.5 Å². The molecule has 3 heterocycles. The van der Waals surface area contributed by atoms with Crippen LogP contribution >= 0.6 is 11.6 Å². The Balaban J connectivity index is 1.79. The van der Waals surface area contributed by atoms with Crippen LogP contribution in [0, 0.1) is 0 Å². The van der Waals surface area contributed by atoms with Crippen molar-refractivity contribution >= 4 is 17.5 Å². The fraction of sp³-hybridized carbons (Fsp3) is 0.286. The average molecular weight is 435 g/mol. The second-order valence-corrected chi connectivity index (χ2v) is 7.58. The summed E-state index contributed by atoms with van der Waals surface area (Å²) in [6.07, 6.45) is -2.23. The Morgan fingerprint density at radius 3 is 2.70 bits per heavy atom. The summed E-state index contributed by atoms with van der Waals surface area (Å²) in [4.78, 5) is 17.6. The highest BCUT2D eigenvalue weighted by Gasteiger charge is 2.32. The molecule has 0 fully saturated rings. The van der Waals surface area contributed by atoms with Gasteiger partial charge in [-0.3, -0.25) is 9.48 Å². The summed E-state index contributed by atoms with van der Waals surface area (Å²) in [5.41, 5.74) is 2.66. The van der Waals surface area contributed by atoms with Crippen molar-refractivity contribution in [1.29, 1.82) is 0 Å². The lowest BCUT2D eigenvalue weighted by Crippen LogP contribution is -2.34. The van der Waals surface area contributed by atoms with Crippen LogP contribution in [0.1, 0.15) is 29.3 Å². The number of nitrogens with zero attached hydrogens (tertiary/aromatic N) is 4. The molecule has 0 saturated heterocycles. The van der Waals surface area contributed by atoms with Crippen molar-refractivity contribution < 1.29 is 18.0 Å². The lowest BCUT2D eigenvalue weighted by Gasteiger charge is -2.27. The van der Waals surface area contributed by atoms with Crippen LogP contribution in [0.5, 0.6) is 0 Å². The number of aromatic nitrogens is 3. The molecule has 0 saturated carbocycles. The maximum absolute atomic E-state index is 13.2. The fourth-order valence-electron chi connectivity index (χ4n) is 3.64. The number of rotatable bonds is 3. The number of hydrogen-bond acceptors (Lipinski definition) is 3. The monoisotopic (exact) mass is 434 g/mol. The van der Waals surface area contributed by atoms with E-state index in [0.717, 1.165) is 29.0 Å². The van der Waals surface area contributed by atoms with E-state index < -0.39 is 11.7 Å². The summed E-state index contributed by atoms with van der Waals surface area (Å²) in [7, 11) is 0. The molecule has 3 aromatic rings. The first-order valence-corrected chi connectivity index (χ1v) is 9.72. The van der Waals surface area contributed by atoms with Gasteiger partial charge in [0.2, 0.25) is 5.91 Å². The zero-order chi connectivity index (χ0) is 21.5. The van der Waals surface area contributed by atoms with Gasteiger partial charge in [0, 0.05) is 49.5 Å². The van der Waals surface area contributed by atoms with Crippen LogP contribution in [0.15, 0.2) is 42.6 Å². The van der Waals surface area contributed by atoms with Crippen LogP contribution in [-0.4, -0.2) is 32.1 Å². The van der Waals surface area contributed by atoms with Crippen molar-refractivity contribution in [2.24, 2.45) is 0 Å². The van der Waals surface area contributed by atoms with Gasteiger partial charge in [-0.25, -0.2) is 4.98 Å². The highest BCUT2D eigenvalue weighted by molar-refractivity contribution is 6.29. The fourth-order valence-corrected chi connectivity index (χ4v) is 3.75.